The molecular weight excluding hydrogens is 160 g/mol. The molecule has 0 amide bonds. The van der Waals surface area contributed by atoms with Gasteiger partial charge in [0.05, 0.1) is 13.2 Å². The van der Waals surface area contributed by atoms with Gasteiger partial charge >= 0.3 is 6.16 Å². The van der Waals surface area contributed by atoms with Crippen LogP contribution in [0.3, 0.4) is 0 Å². The van der Waals surface area contributed by atoms with Crippen LogP contribution in [0.4, 0.5) is 4.79 Å². The fourth-order valence-electron chi connectivity index (χ4n) is 0.694. The predicted octanol–water partition coefficient (Wildman–Crippen LogP) is 1.58. The van der Waals surface area contributed by atoms with E-state index < -0.39 is 6.16 Å². The predicted molar refractivity (Wildman–Crippen MR) is 44.0 cm³/mol. The van der Waals surface area contributed by atoms with Crippen molar-refractivity contribution in [3.05, 3.63) is 0 Å². The van der Waals surface area contributed by atoms with Gasteiger partial charge in [0.15, 0.2) is 0 Å². The average Bonchev–Trinajstić information content (AvgIpc) is 2.04. The molecule has 0 heterocycles. The number of hydrogen-bond acceptors (Lipinski definition) is 4. The number of ether oxygens (including phenoxy) is 3. The third kappa shape index (κ3) is 4.18. The first-order valence-electron chi connectivity index (χ1n) is 3.98. The molecule has 0 aliphatic heterocycles. The summed E-state index contributed by atoms with van der Waals surface area (Å²) in [7, 11) is 1.28. The van der Waals surface area contributed by atoms with E-state index in [2.05, 4.69) is 4.74 Å². The number of methoxy groups -OCH3 is 1. The zero-order chi connectivity index (χ0) is 9.56. The van der Waals surface area contributed by atoms with E-state index >= 15 is 0 Å². The molecule has 2 unspecified atom stereocenters. The first-order chi connectivity index (χ1) is 5.61. The molecule has 0 aromatic carbocycles. The molecule has 0 aromatic rings. The quantitative estimate of drug-likeness (QED) is 0.610. The minimum Gasteiger partial charge on any atom is -0.438 e. The van der Waals surface area contributed by atoms with Crippen molar-refractivity contribution in [1.29, 1.82) is 0 Å². The van der Waals surface area contributed by atoms with E-state index in [0.29, 0.717) is 6.61 Å². The summed E-state index contributed by atoms with van der Waals surface area (Å²) in [6, 6.07) is 0. The Kier molecular flexibility index (Phi) is 5.45. The molecule has 0 spiro atoms. The fraction of sp³-hybridized carbons (Fsp3) is 0.875. The Morgan fingerprint density at radius 2 is 1.92 bits per heavy atom. The topological polar surface area (TPSA) is 44.8 Å². The lowest BCUT2D eigenvalue weighted by Gasteiger charge is -2.19. The van der Waals surface area contributed by atoms with Crippen LogP contribution in [0.2, 0.25) is 0 Å². The number of hydrogen-bond donors (Lipinski definition) is 0. The lowest BCUT2D eigenvalue weighted by Crippen LogP contribution is -2.28. The lowest BCUT2D eigenvalue weighted by molar-refractivity contribution is -0.0408. The van der Waals surface area contributed by atoms with Crippen LogP contribution in [-0.4, -0.2) is 32.1 Å². The van der Waals surface area contributed by atoms with Gasteiger partial charge < -0.3 is 14.2 Å². The van der Waals surface area contributed by atoms with Gasteiger partial charge in [0.25, 0.3) is 0 Å². The second-order valence-corrected chi connectivity index (χ2v) is 2.44. The molecule has 0 radical (unpaired) electrons. The van der Waals surface area contributed by atoms with Crippen LogP contribution in [0, 0.1) is 0 Å². The Morgan fingerprint density at radius 1 is 1.33 bits per heavy atom. The van der Waals surface area contributed by atoms with Crippen molar-refractivity contribution in [3.63, 3.8) is 0 Å². The third-order valence-corrected chi connectivity index (χ3v) is 1.54. The van der Waals surface area contributed by atoms with E-state index in [0.717, 1.165) is 0 Å². The van der Waals surface area contributed by atoms with Gasteiger partial charge in [-0.2, -0.15) is 0 Å². The Morgan fingerprint density at radius 3 is 2.33 bits per heavy atom. The third-order valence-electron chi connectivity index (χ3n) is 1.54. The highest BCUT2D eigenvalue weighted by atomic mass is 16.7. The van der Waals surface area contributed by atoms with Gasteiger partial charge in [-0.1, -0.05) is 0 Å². The molecule has 4 nitrogen and oxygen atoms in total. The summed E-state index contributed by atoms with van der Waals surface area (Å²) in [5.41, 5.74) is 0. The number of carbonyl (C=O) groups is 1. The van der Waals surface area contributed by atoms with Gasteiger partial charge in [-0.05, 0) is 20.8 Å². The maximum absolute atomic E-state index is 10.6. The molecule has 0 aromatic heterocycles. The Balaban J connectivity index is 3.69. The summed E-state index contributed by atoms with van der Waals surface area (Å²) in [6.07, 6.45) is -1.06. The molecule has 0 aliphatic carbocycles. The minimum absolute atomic E-state index is 0.103. The van der Waals surface area contributed by atoms with Crippen molar-refractivity contribution in [2.45, 2.75) is 33.0 Å². The molecular formula is C8H16O4. The maximum Gasteiger partial charge on any atom is 0.508 e. The van der Waals surface area contributed by atoms with Crippen LogP contribution in [-0.2, 0) is 14.2 Å². The number of carbonyl (C=O) groups excluding carboxylic acids is 1. The first kappa shape index (κ1) is 11.2. The minimum atomic E-state index is -0.672. The van der Waals surface area contributed by atoms with E-state index in [-0.39, 0.29) is 12.2 Å². The van der Waals surface area contributed by atoms with Crippen molar-refractivity contribution in [2.75, 3.05) is 13.7 Å². The average molecular weight is 176 g/mol. The summed E-state index contributed by atoms with van der Waals surface area (Å²) in [6.45, 7) is 6.10. The zero-order valence-corrected chi connectivity index (χ0v) is 7.99. The summed E-state index contributed by atoms with van der Waals surface area (Å²) in [4.78, 5) is 10.6. The zero-order valence-electron chi connectivity index (χ0n) is 7.99. The van der Waals surface area contributed by atoms with Crippen molar-refractivity contribution in [3.8, 4) is 0 Å². The molecule has 0 fully saturated rings. The maximum atomic E-state index is 10.6. The molecule has 0 aliphatic rings. The lowest BCUT2D eigenvalue weighted by atomic mass is 10.2. The normalized spacial score (nSPS) is 15.0. The highest BCUT2D eigenvalue weighted by molar-refractivity contribution is 5.59. The molecule has 0 saturated heterocycles. The summed E-state index contributed by atoms with van der Waals surface area (Å²) < 4.78 is 14.4. The van der Waals surface area contributed by atoms with Crippen LogP contribution >= 0.6 is 0 Å². The SMILES string of the molecule is CCOC(C)C(C)OC(=O)OC. The van der Waals surface area contributed by atoms with Gasteiger partial charge in [-0.3, -0.25) is 0 Å². The van der Waals surface area contributed by atoms with Crippen LogP contribution in [0.15, 0.2) is 0 Å². The highest BCUT2D eigenvalue weighted by Gasteiger charge is 2.16. The van der Waals surface area contributed by atoms with E-state index in [1.807, 2.05) is 13.8 Å². The van der Waals surface area contributed by atoms with E-state index in [4.69, 9.17) is 9.47 Å². The van der Waals surface area contributed by atoms with E-state index in [1.54, 1.807) is 6.92 Å². The van der Waals surface area contributed by atoms with Crippen LogP contribution in [0.25, 0.3) is 0 Å². The summed E-state index contributed by atoms with van der Waals surface area (Å²) in [5.74, 6) is 0. The van der Waals surface area contributed by atoms with Gasteiger partial charge in [-0.25, -0.2) is 4.79 Å². The smallest absolute Gasteiger partial charge is 0.438 e. The standard InChI is InChI=1S/C8H16O4/c1-5-11-6(2)7(3)12-8(9)10-4/h6-7H,5H2,1-4H3. The van der Waals surface area contributed by atoms with Crippen molar-refractivity contribution >= 4 is 6.16 Å². The second kappa shape index (κ2) is 5.83. The van der Waals surface area contributed by atoms with Crippen LogP contribution in [0.1, 0.15) is 20.8 Å². The first-order valence-corrected chi connectivity index (χ1v) is 3.98. The van der Waals surface area contributed by atoms with E-state index in [9.17, 15) is 4.79 Å². The van der Waals surface area contributed by atoms with Gasteiger partial charge in [0, 0.05) is 6.61 Å². The van der Waals surface area contributed by atoms with Gasteiger partial charge in [-0.15, -0.1) is 0 Å². The highest BCUT2D eigenvalue weighted by Crippen LogP contribution is 2.03. The molecule has 0 saturated carbocycles. The molecule has 72 valence electrons. The fourth-order valence-corrected chi connectivity index (χ4v) is 0.694. The Labute approximate surface area is 72.8 Å². The number of rotatable bonds is 4. The van der Waals surface area contributed by atoms with Crippen molar-refractivity contribution in [1.82, 2.24) is 0 Å². The van der Waals surface area contributed by atoms with E-state index in [1.165, 1.54) is 7.11 Å². The Hall–Kier alpha value is -0.770. The Bertz CT molecular complexity index is 135. The van der Waals surface area contributed by atoms with Crippen molar-refractivity contribution < 1.29 is 19.0 Å². The molecule has 2 atom stereocenters. The monoisotopic (exact) mass is 176 g/mol. The largest absolute Gasteiger partial charge is 0.508 e. The van der Waals surface area contributed by atoms with Gasteiger partial charge in [0.2, 0.25) is 0 Å². The van der Waals surface area contributed by atoms with Crippen LogP contribution < -0.4 is 0 Å². The molecule has 12 heavy (non-hydrogen) atoms. The van der Waals surface area contributed by atoms with Gasteiger partial charge in [0.1, 0.15) is 6.10 Å². The molecule has 0 rings (SSSR count). The summed E-state index contributed by atoms with van der Waals surface area (Å²) >= 11 is 0. The second-order valence-electron chi connectivity index (χ2n) is 2.44. The molecule has 4 heteroatoms. The molecule has 0 bridgehead atoms. The molecule has 0 N–H and O–H groups in total. The van der Waals surface area contributed by atoms with Crippen molar-refractivity contribution in [2.24, 2.45) is 0 Å². The van der Waals surface area contributed by atoms with Crippen LogP contribution in [0.5, 0.6) is 0 Å². The summed E-state index contributed by atoms with van der Waals surface area (Å²) in [5, 5.41) is 0.